The van der Waals surface area contributed by atoms with Gasteiger partial charge in [-0.2, -0.15) is 11.8 Å². The molecule has 0 radical (unpaired) electrons. The van der Waals surface area contributed by atoms with E-state index in [-0.39, 0.29) is 12.3 Å². The van der Waals surface area contributed by atoms with Crippen LogP contribution >= 0.6 is 11.8 Å². The molecule has 0 aliphatic carbocycles. The summed E-state index contributed by atoms with van der Waals surface area (Å²) in [6.45, 7) is 3.56. The summed E-state index contributed by atoms with van der Waals surface area (Å²) in [6, 6.07) is 14.4. The summed E-state index contributed by atoms with van der Waals surface area (Å²) in [5, 5.41) is 17.7. The van der Waals surface area contributed by atoms with Crippen molar-refractivity contribution in [3.05, 3.63) is 71.8 Å². The van der Waals surface area contributed by atoms with E-state index in [1.54, 1.807) is 38.1 Å². The van der Waals surface area contributed by atoms with Crippen molar-refractivity contribution in [2.24, 2.45) is 11.7 Å². The first kappa shape index (κ1) is 30.9. The van der Waals surface area contributed by atoms with Gasteiger partial charge in [-0.25, -0.2) is 4.79 Å². The van der Waals surface area contributed by atoms with Crippen molar-refractivity contribution in [1.29, 1.82) is 0 Å². The number of rotatable bonds is 15. The van der Waals surface area contributed by atoms with Gasteiger partial charge in [0.15, 0.2) is 0 Å². The van der Waals surface area contributed by atoms with E-state index in [2.05, 4.69) is 16.0 Å². The van der Waals surface area contributed by atoms with Gasteiger partial charge in [-0.3, -0.25) is 14.4 Å². The van der Waals surface area contributed by atoms with Crippen LogP contribution in [0.5, 0.6) is 0 Å². The Balaban J connectivity index is 2.08. The Hall–Kier alpha value is -3.37. The third-order valence-electron chi connectivity index (χ3n) is 6.02. The predicted octanol–water partition coefficient (Wildman–Crippen LogP) is 1.75. The first-order chi connectivity index (χ1) is 18.1. The summed E-state index contributed by atoms with van der Waals surface area (Å²) in [7, 11) is 0. The van der Waals surface area contributed by atoms with Crippen molar-refractivity contribution in [3.63, 3.8) is 0 Å². The first-order valence-corrected chi connectivity index (χ1v) is 14.0. The molecule has 6 N–H and O–H groups in total. The largest absolute Gasteiger partial charge is 0.480 e. The number of thioether (sulfide) groups is 1. The maximum Gasteiger partial charge on any atom is 0.326 e. The number of hydrogen-bond acceptors (Lipinski definition) is 6. The summed E-state index contributed by atoms with van der Waals surface area (Å²) < 4.78 is 0. The number of amides is 3. The minimum Gasteiger partial charge on any atom is -0.480 e. The second-order valence-corrected chi connectivity index (χ2v) is 10.4. The Labute approximate surface area is 228 Å². The van der Waals surface area contributed by atoms with Crippen molar-refractivity contribution in [2.75, 3.05) is 12.0 Å². The molecule has 2 rings (SSSR count). The second-order valence-electron chi connectivity index (χ2n) is 9.46. The summed E-state index contributed by atoms with van der Waals surface area (Å²) in [5.74, 6) is -2.48. The van der Waals surface area contributed by atoms with Gasteiger partial charge in [-0.05, 0) is 41.9 Å². The highest BCUT2D eigenvalue weighted by Gasteiger charge is 2.31. The fourth-order valence-electron chi connectivity index (χ4n) is 3.84. The van der Waals surface area contributed by atoms with Crippen LogP contribution in [0.3, 0.4) is 0 Å². The minimum absolute atomic E-state index is 0.106. The zero-order valence-electron chi connectivity index (χ0n) is 22.1. The lowest BCUT2D eigenvalue weighted by molar-refractivity contribution is -0.142. The molecule has 2 aromatic carbocycles. The molecule has 0 spiro atoms. The van der Waals surface area contributed by atoms with Gasteiger partial charge in [0.05, 0.1) is 6.04 Å². The molecule has 0 heterocycles. The fourth-order valence-corrected chi connectivity index (χ4v) is 4.32. The van der Waals surface area contributed by atoms with Crippen LogP contribution in [0.4, 0.5) is 0 Å². The lowest BCUT2D eigenvalue weighted by Gasteiger charge is -2.27. The van der Waals surface area contributed by atoms with Crippen molar-refractivity contribution < 1.29 is 24.3 Å². The highest BCUT2D eigenvalue weighted by molar-refractivity contribution is 7.98. The van der Waals surface area contributed by atoms with Gasteiger partial charge in [-0.1, -0.05) is 74.5 Å². The number of hydrogen-bond donors (Lipinski definition) is 5. The minimum atomic E-state index is -1.17. The van der Waals surface area contributed by atoms with Crippen LogP contribution in [0.25, 0.3) is 0 Å². The number of nitrogens with one attached hydrogen (secondary N) is 3. The molecule has 38 heavy (non-hydrogen) atoms. The average molecular weight is 543 g/mol. The zero-order valence-corrected chi connectivity index (χ0v) is 22.9. The van der Waals surface area contributed by atoms with Gasteiger partial charge in [0.25, 0.3) is 0 Å². The smallest absolute Gasteiger partial charge is 0.326 e. The Morgan fingerprint density at radius 3 is 1.82 bits per heavy atom. The number of aliphatic carboxylic acids is 1. The number of benzene rings is 2. The lowest BCUT2D eigenvalue weighted by atomic mass is 10.0. The highest BCUT2D eigenvalue weighted by atomic mass is 32.2. The molecule has 9 nitrogen and oxygen atoms in total. The highest BCUT2D eigenvalue weighted by Crippen LogP contribution is 2.09. The van der Waals surface area contributed by atoms with Crippen LogP contribution in [0.2, 0.25) is 0 Å². The van der Waals surface area contributed by atoms with Gasteiger partial charge in [0.2, 0.25) is 17.7 Å². The van der Waals surface area contributed by atoms with E-state index in [1.165, 1.54) is 11.8 Å². The molecule has 3 amide bonds. The molecule has 4 unspecified atom stereocenters. The number of carboxylic acid groups (broad SMARTS) is 1. The number of carbonyl (C=O) groups is 4. The molecule has 0 saturated heterocycles. The van der Waals surface area contributed by atoms with E-state index >= 15 is 0 Å². The molecule has 0 saturated carbocycles. The van der Waals surface area contributed by atoms with Crippen LogP contribution in [-0.4, -0.2) is 65.0 Å². The SMILES string of the molecule is CSCCC(NC(=O)C(NC(=O)C(N)Cc1ccccc1)C(C)C)C(=O)NC(Cc1ccccc1)C(=O)O. The molecule has 206 valence electrons. The van der Waals surface area contributed by atoms with E-state index in [4.69, 9.17) is 5.73 Å². The summed E-state index contributed by atoms with van der Waals surface area (Å²) in [6.07, 6.45) is 2.59. The Kier molecular flexibility index (Phi) is 12.8. The summed E-state index contributed by atoms with van der Waals surface area (Å²) in [5.41, 5.74) is 7.76. The molecule has 10 heteroatoms. The Morgan fingerprint density at radius 1 is 0.789 bits per heavy atom. The van der Waals surface area contributed by atoms with Crippen LogP contribution < -0.4 is 21.7 Å². The molecular formula is C28H38N4O5S. The van der Waals surface area contributed by atoms with Crippen molar-refractivity contribution in [3.8, 4) is 0 Å². The fraction of sp³-hybridized carbons (Fsp3) is 0.429. The molecule has 0 bridgehead atoms. The van der Waals surface area contributed by atoms with E-state index in [9.17, 15) is 24.3 Å². The Morgan fingerprint density at radius 2 is 1.32 bits per heavy atom. The summed E-state index contributed by atoms with van der Waals surface area (Å²) in [4.78, 5) is 51.0. The van der Waals surface area contributed by atoms with Gasteiger partial charge in [0, 0.05) is 6.42 Å². The molecular weight excluding hydrogens is 504 g/mol. The van der Waals surface area contributed by atoms with Crippen LogP contribution in [0, 0.1) is 5.92 Å². The number of carbonyl (C=O) groups excluding carboxylic acids is 3. The third kappa shape index (κ3) is 10.2. The van der Waals surface area contributed by atoms with Crippen LogP contribution in [0.1, 0.15) is 31.4 Å². The quantitative estimate of drug-likeness (QED) is 0.230. The van der Waals surface area contributed by atoms with E-state index in [0.29, 0.717) is 18.6 Å². The molecule has 0 aliphatic rings. The van der Waals surface area contributed by atoms with Gasteiger partial charge >= 0.3 is 5.97 Å². The van der Waals surface area contributed by atoms with E-state index in [1.807, 2.05) is 42.7 Å². The first-order valence-electron chi connectivity index (χ1n) is 12.6. The molecule has 4 atom stereocenters. The van der Waals surface area contributed by atoms with Crippen LogP contribution in [0.15, 0.2) is 60.7 Å². The average Bonchev–Trinajstić information content (AvgIpc) is 2.89. The predicted molar refractivity (Wildman–Crippen MR) is 150 cm³/mol. The monoisotopic (exact) mass is 542 g/mol. The van der Waals surface area contributed by atoms with Crippen molar-refractivity contribution in [2.45, 2.75) is 57.3 Å². The maximum atomic E-state index is 13.2. The van der Waals surface area contributed by atoms with Crippen LogP contribution in [-0.2, 0) is 32.0 Å². The van der Waals surface area contributed by atoms with Gasteiger partial charge in [0.1, 0.15) is 18.1 Å². The molecule has 0 aromatic heterocycles. The van der Waals surface area contributed by atoms with E-state index in [0.717, 1.165) is 11.1 Å². The van der Waals surface area contributed by atoms with Gasteiger partial charge in [-0.15, -0.1) is 0 Å². The maximum absolute atomic E-state index is 13.2. The van der Waals surface area contributed by atoms with Crippen molar-refractivity contribution in [1.82, 2.24) is 16.0 Å². The molecule has 2 aromatic rings. The second kappa shape index (κ2) is 15.8. The zero-order chi connectivity index (χ0) is 28.1. The molecule has 0 aliphatic heterocycles. The van der Waals surface area contributed by atoms with Crippen molar-refractivity contribution >= 4 is 35.5 Å². The number of nitrogens with two attached hydrogens (primary N) is 1. The van der Waals surface area contributed by atoms with E-state index < -0.39 is 47.9 Å². The lowest BCUT2D eigenvalue weighted by Crippen LogP contribution is -2.58. The number of carboxylic acids is 1. The summed E-state index contributed by atoms with van der Waals surface area (Å²) >= 11 is 1.50. The standard InChI is InChI=1S/C28H38N4O5S/c1-18(2)24(32-25(33)21(29)16-19-10-6-4-7-11-19)27(35)30-22(14-15-38-3)26(34)31-23(28(36)37)17-20-12-8-5-9-13-20/h4-13,18,21-24H,14-17,29H2,1-3H3,(H,30,35)(H,31,34)(H,32,33)(H,36,37). The van der Waals surface area contributed by atoms with Gasteiger partial charge < -0.3 is 26.8 Å². The third-order valence-corrected chi connectivity index (χ3v) is 6.67. The topological polar surface area (TPSA) is 151 Å². The molecule has 0 fully saturated rings. The normalized spacial score (nSPS) is 14.1. The Bertz CT molecular complexity index is 1050.